The molecule has 1 N–H and O–H groups in total. The molecular formula is C15H23N3O2. The van der Waals surface area contributed by atoms with Crippen molar-refractivity contribution >= 4 is 23.0 Å². The first-order valence-electron chi connectivity index (χ1n) is 6.87. The van der Waals surface area contributed by atoms with Crippen LogP contribution in [0.5, 0.6) is 0 Å². The van der Waals surface area contributed by atoms with Gasteiger partial charge < -0.3 is 10.2 Å². The molecule has 1 rings (SSSR count). The standard InChI is InChI=1S/C15H23N3O2/c1-6-18(7-2)11-8-9-12(17-20)13(10-11)16-14(19)15(3,4)5/h8-10H,6-7H2,1-5H3,(H,16,19). The Bertz CT molecular complexity index is 488. The van der Waals surface area contributed by atoms with Gasteiger partial charge in [-0.2, -0.15) is 0 Å². The third-order valence-electron chi connectivity index (χ3n) is 3.14. The first-order chi connectivity index (χ1) is 9.33. The van der Waals surface area contributed by atoms with E-state index in [0.29, 0.717) is 5.69 Å². The summed E-state index contributed by atoms with van der Waals surface area (Å²) in [6.07, 6.45) is 0. The van der Waals surface area contributed by atoms with Gasteiger partial charge in [-0.05, 0) is 37.2 Å². The van der Waals surface area contributed by atoms with Crippen molar-refractivity contribution in [2.24, 2.45) is 10.6 Å². The van der Waals surface area contributed by atoms with Gasteiger partial charge in [0.15, 0.2) is 0 Å². The van der Waals surface area contributed by atoms with Crippen molar-refractivity contribution in [1.29, 1.82) is 0 Å². The Balaban J connectivity index is 3.12. The Morgan fingerprint density at radius 1 is 1.25 bits per heavy atom. The number of carbonyl (C=O) groups is 1. The molecule has 0 heterocycles. The number of anilines is 2. The van der Waals surface area contributed by atoms with Crippen LogP contribution in [-0.4, -0.2) is 19.0 Å². The predicted molar refractivity (Wildman–Crippen MR) is 83.5 cm³/mol. The number of carbonyl (C=O) groups excluding carboxylic acids is 1. The molecule has 1 aromatic carbocycles. The Hall–Kier alpha value is -1.91. The van der Waals surface area contributed by atoms with Gasteiger partial charge >= 0.3 is 0 Å². The van der Waals surface area contributed by atoms with Gasteiger partial charge in [0.2, 0.25) is 5.91 Å². The van der Waals surface area contributed by atoms with Crippen molar-refractivity contribution in [1.82, 2.24) is 0 Å². The van der Waals surface area contributed by atoms with Gasteiger partial charge in [-0.15, -0.1) is 4.91 Å². The van der Waals surface area contributed by atoms with Gasteiger partial charge in [-0.25, -0.2) is 0 Å². The smallest absolute Gasteiger partial charge is 0.229 e. The zero-order valence-corrected chi connectivity index (χ0v) is 12.9. The molecule has 0 aromatic heterocycles. The van der Waals surface area contributed by atoms with E-state index in [4.69, 9.17) is 0 Å². The summed E-state index contributed by atoms with van der Waals surface area (Å²) in [7, 11) is 0. The molecule has 0 unspecified atom stereocenters. The lowest BCUT2D eigenvalue weighted by Gasteiger charge is -2.23. The van der Waals surface area contributed by atoms with Crippen LogP contribution in [0.2, 0.25) is 0 Å². The van der Waals surface area contributed by atoms with E-state index in [1.54, 1.807) is 12.1 Å². The minimum absolute atomic E-state index is 0.140. The number of nitroso groups, excluding NO2 is 1. The second kappa shape index (κ2) is 6.50. The monoisotopic (exact) mass is 277 g/mol. The van der Waals surface area contributed by atoms with Crippen molar-refractivity contribution in [3.05, 3.63) is 23.1 Å². The predicted octanol–water partition coefficient (Wildman–Crippen LogP) is 3.92. The van der Waals surface area contributed by atoms with Gasteiger partial charge in [0, 0.05) is 24.2 Å². The highest BCUT2D eigenvalue weighted by Crippen LogP contribution is 2.31. The van der Waals surface area contributed by atoms with Crippen LogP contribution in [-0.2, 0) is 4.79 Å². The Kier molecular flexibility index (Phi) is 5.25. The zero-order chi connectivity index (χ0) is 15.3. The van der Waals surface area contributed by atoms with Crippen LogP contribution in [0.3, 0.4) is 0 Å². The molecule has 0 radical (unpaired) electrons. The lowest BCUT2D eigenvalue weighted by molar-refractivity contribution is -0.123. The molecule has 0 atom stereocenters. The highest BCUT2D eigenvalue weighted by molar-refractivity contribution is 5.97. The minimum Gasteiger partial charge on any atom is -0.372 e. The number of benzene rings is 1. The summed E-state index contributed by atoms with van der Waals surface area (Å²) < 4.78 is 0. The molecule has 1 amide bonds. The van der Waals surface area contributed by atoms with E-state index in [-0.39, 0.29) is 11.6 Å². The molecule has 0 saturated carbocycles. The summed E-state index contributed by atoms with van der Waals surface area (Å²) in [5.41, 5.74) is 1.15. The van der Waals surface area contributed by atoms with Crippen molar-refractivity contribution in [3.8, 4) is 0 Å². The van der Waals surface area contributed by atoms with Gasteiger partial charge in [0.1, 0.15) is 5.69 Å². The Morgan fingerprint density at radius 2 is 1.85 bits per heavy atom. The highest BCUT2D eigenvalue weighted by atomic mass is 16.3. The van der Waals surface area contributed by atoms with Crippen LogP contribution >= 0.6 is 0 Å². The topological polar surface area (TPSA) is 61.8 Å². The molecule has 0 bridgehead atoms. The molecule has 0 spiro atoms. The summed E-state index contributed by atoms with van der Waals surface area (Å²) in [6, 6.07) is 5.28. The molecule has 110 valence electrons. The normalized spacial score (nSPS) is 11.1. The van der Waals surface area contributed by atoms with E-state index in [0.717, 1.165) is 18.8 Å². The zero-order valence-electron chi connectivity index (χ0n) is 12.9. The molecule has 0 aliphatic heterocycles. The lowest BCUT2D eigenvalue weighted by atomic mass is 9.95. The van der Waals surface area contributed by atoms with E-state index in [9.17, 15) is 9.70 Å². The van der Waals surface area contributed by atoms with Gasteiger partial charge in [-0.3, -0.25) is 4.79 Å². The third-order valence-corrected chi connectivity index (χ3v) is 3.14. The summed E-state index contributed by atoms with van der Waals surface area (Å²) in [5, 5.41) is 5.76. The van der Waals surface area contributed by atoms with Crippen LogP contribution < -0.4 is 10.2 Å². The van der Waals surface area contributed by atoms with E-state index < -0.39 is 5.41 Å². The molecule has 0 saturated heterocycles. The van der Waals surface area contributed by atoms with Crippen LogP contribution in [0.4, 0.5) is 17.1 Å². The number of amides is 1. The van der Waals surface area contributed by atoms with Crippen LogP contribution in [0.25, 0.3) is 0 Å². The number of hydrogen-bond acceptors (Lipinski definition) is 4. The van der Waals surface area contributed by atoms with Crippen LogP contribution in [0, 0.1) is 10.3 Å². The van der Waals surface area contributed by atoms with Crippen LogP contribution in [0.1, 0.15) is 34.6 Å². The van der Waals surface area contributed by atoms with Crippen molar-refractivity contribution in [2.45, 2.75) is 34.6 Å². The number of nitrogens with zero attached hydrogens (tertiary/aromatic N) is 2. The maximum Gasteiger partial charge on any atom is 0.229 e. The van der Waals surface area contributed by atoms with Gasteiger partial charge in [0.05, 0.1) is 5.69 Å². The molecule has 0 aliphatic carbocycles. The molecular weight excluding hydrogens is 254 g/mol. The molecule has 1 aromatic rings. The fraction of sp³-hybridized carbons (Fsp3) is 0.533. The minimum atomic E-state index is -0.522. The first kappa shape index (κ1) is 16.1. The largest absolute Gasteiger partial charge is 0.372 e. The number of rotatable bonds is 5. The maximum atomic E-state index is 12.1. The average molecular weight is 277 g/mol. The second-order valence-electron chi connectivity index (χ2n) is 5.67. The first-order valence-corrected chi connectivity index (χ1v) is 6.87. The summed E-state index contributed by atoms with van der Waals surface area (Å²) >= 11 is 0. The Morgan fingerprint density at radius 3 is 2.30 bits per heavy atom. The van der Waals surface area contributed by atoms with Crippen molar-refractivity contribution in [2.75, 3.05) is 23.3 Å². The fourth-order valence-corrected chi connectivity index (χ4v) is 1.80. The summed E-state index contributed by atoms with van der Waals surface area (Å²) in [5.74, 6) is -0.140. The number of nitrogens with one attached hydrogen (secondary N) is 1. The van der Waals surface area contributed by atoms with Gasteiger partial charge in [-0.1, -0.05) is 20.8 Å². The fourth-order valence-electron chi connectivity index (χ4n) is 1.80. The molecule has 5 nitrogen and oxygen atoms in total. The van der Waals surface area contributed by atoms with E-state index in [1.807, 2.05) is 26.8 Å². The van der Waals surface area contributed by atoms with Crippen molar-refractivity contribution in [3.63, 3.8) is 0 Å². The van der Waals surface area contributed by atoms with E-state index in [1.165, 1.54) is 0 Å². The van der Waals surface area contributed by atoms with Gasteiger partial charge in [0.25, 0.3) is 0 Å². The maximum absolute atomic E-state index is 12.1. The molecule has 5 heteroatoms. The molecule has 20 heavy (non-hydrogen) atoms. The average Bonchev–Trinajstić information content (AvgIpc) is 2.39. The third kappa shape index (κ3) is 3.79. The lowest BCUT2D eigenvalue weighted by Crippen LogP contribution is -2.28. The van der Waals surface area contributed by atoms with E-state index >= 15 is 0 Å². The second-order valence-corrected chi connectivity index (χ2v) is 5.67. The SMILES string of the molecule is CCN(CC)c1ccc(N=O)c(NC(=O)C(C)(C)C)c1. The summed E-state index contributed by atoms with van der Waals surface area (Å²) in [6.45, 7) is 11.3. The van der Waals surface area contributed by atoms with Crippen LogP contribution in [0.15, 0.2) is 23.4 Å². The molecule has 0 fully saturated rings. The number of hydrogen-bond donors (Lipinski definition) is 1. The summed E-state index contributed by atoms with van der Waals surface area (Å²) in [4.78, 5) is 25.1. The van der Waals surface area contributed by atoms with Crippen molar-refractivity contribution < 1.29 is 4.79 Å². The Labute approximate surface area is 120 Å². The van der Waals surface area contributed by atoms with E-state index in [2.05, 4.69) is 29.2 Å². The molecule has 0 aliphatic rings. The quantitative estimate of drug-likeness (QED) is 0.830. The highest BCUT2D eigenvalue weighted by Gasteiger charge is 2.22.